The van der Waals surface area contributed by atoms with Crippen molar-refractivity contribution in [2.24, 2.45) is 0 Å². The number of hydrogen-bond donors (Lipinski definition) is 3. The van der Waals surface area contributed by atoms with Gasteiger partial charge in [-0.05, 0) is 47.9 Å². The molecule has 0 aliphatic carbocycles. The summed E-state index contributed by atoms with van der Waals surface area (Å²) < 4.78 is 44.4. The Labute approximate surface area is 258 Å². The van der Waals surface area contributed by atoms with Crippen LogP contribution in [0, 0.1) is 10.1 Å². The average molecular weight is 648 g/mol. The van der Waals surface area contributed by atoms with E-state index < -0.39 is 27.1 Å². The minimum atomic E-state index is -3.92. The van der Waals surface area contributed by atoms with Crippen LogP contribution in [-0.2, 0) is 24.3 Å². The Morgan fingerprint density at radius 3 is 2.64 bits per heavy atom. The molecule has 0 unspecified atom stereocenters. The molecular weight excluding hydrogens is 614 g/mol. The molecule has 2 atom stereocenters. The summed E-state index contributed by atoms with van der Waals surface area (Å²) in [4.78, 5) is 28.3. The van der Waals surface area contributed by atoms with Crippen LogP contribution in [0.4, 0.5) is 11.5 Å². The highest BCUT2D eigenvalue weighted by Gasteiger charge is 2.30. The first kappa shape index (κ1) is 32.8. The lowest BCUT2D eigenvalue weighted by atomic mass is 9.99. The minimum absolute atomic E-state index is 0.0434. The maximum Gasteiger partial charge on any atom is 0.287 e. The zero-order chi connectivity index (χ0) is 31.5. The molecule has 0 fully saturated rings. The van der Waals surface area contributed by atoms with E-state index in [0.29, 0.717) is 24.5 Å². The van der Waals surface area contributed by atoms with Crippen molar-refractivity contribution in [2.45, 2.75) is 23.5 Å². The lowest BCUT2D eigenvalue weighted by Crippen LogP contribution is -2.38. The van der Waals surface area contributed by atoms with Crippen molar-refractivity contribution >= 4 is 38.8 Å². The molecule has 0 saturated carbocycles. The molecule has 236 valence electrons. The number of aliphatic hydroxyl groups excluding tert-OH is 1. The molecule has 0 spiro atoms. The highest BCUT2D eigenvalue weighted by Crippen LogP contribution is 2.34. The van der Waals surface area contributed by atoms with Crippen molar-refractivity contribution in [1.29, 1.82) is 0 Å². The van der Waals surface area contributed by atoms with Gasteiger partial charge in [-0.15, -0.1) is 11.3 Å². The van der Waals surface area contributed by atoms with Gasteiger partial charge in [-0.2, -0.15) is 4.31 Å². The van der Waals surface area contributed by atoms with Crippen molar-refractivity contribution in [1.82, 2.24) is 14.6 Å². The third-order valence-corrected chi connectivity index (χ3v) is 9.47. The number of anilines is 1. The van der Waals surface area contributed by atoms with Crippen LogP contribution in [0.15, 0.2) is 76.8 Å². The van der Waals surface area contributed by atoms with Crippen molar-refractivity contribution < 1.29 is 37.5 Å². The predicted molar refractivity (Wildman–Crippen MR) is 162 cm³/mol. The highest BCUT2D eigenvalue weighted by molar-refractivity contribution is 7.89. The average Bonchev–Trinajstić information content (AvgIpc) is 3.58. The third-order valence-electron chi connectivity index (χ3n) is 6.56. The van der Waals surface area contributed by atoms with Gasteiger partial charge in [0.15, 0.2) is 5.76 Å². The number of pyridine rings is 1. The lowest BCUT2D eigenvalue weighted by Gasteiger charge is -2.29. The lowest BCUT2D eigenvalue weighted by molar-refractivity contribution is -0.385. The fourth-order valence-corrected chi connectivity index (χ4v) is 6.54. The Morgan fingerprint density at radius 1 is 1.20 bits per heavy atom. The first-order chi connectivity index (χ1) is 21.2. The Balaban J connectivity index is 1.34. The first-order valence-corrected chi connectivity index (χ1v) is 15.9. The molecule has 0 saturated heterocycles. The number of allylic oxidation sites excluding steroid dienone is 1. The van der Waals surface area contributed by atoms with E-state index in [9.17, 15) is 28.4 Å². The number of hydrogen-bond acceptors (Lipinski definition) is 12. The van der Waals surface area contributed by atoms with E-state index in [4.69, 9.17) is 14.2 Å². The molecule has 0 bridgehead atoms. The number of rotatable bonds is 16. The van der Waals surface area contributed by atoms with E-state index in [2.05, 4.69) is 15.6 Å². The molecule has 2 aromatic heterocycles. The van der Waals surface area contributed by atoms with Crippen LogP contribution >= 0.6 is 11.3 Å². The number of benzene rings is 1. The van der Waals surface area contributed by atoms with E-state index in [1.165, 1.54) is 42.7 Å². The zero-order valence-electron chi connectivity index (χ0n) is 23.8. The van der Waals surface area contributed by atoms with Gasteiger partial charge in [-0.1, -0.05) is 6.07 Å². The number of nitrogens with zero attached hydrogens (tertiary/aromatic N) is 3. The van der Waals surface area contributed by atoms with Crippen LogP contribution in [0.25, 0.3) is 0 Å². The zero-order valence-corrected chi connectivity index (χ0v) is 25.5. The van der Waals surface area contributed by atoms with Crippen molar-refractivity contribution in [3.63, 3.8) is 0 Å². The normalized spacial score (nSPS) is 16.6. The molecule has 0 radical (unpaired) electrons. The number of nitro groups is 1. The maximum atomic E-state index is 13.2. The topological polar surface area (TPSA) is 182 Å². The number of methoxy groups -OCH3 is 1. The molecule has 3 aromatic rings. The number of carbonyl (C=O) groups excluding carboxylic acids is 1. The molecule has 1 aliphatic rings. The van der Waals surface area contributed by atoms with Gasteiger partial charge in [0.25, 0.3) is 11.6 Å². The molecule has 1 amide bonds. The van der Waals surface area contributed by atoms with Crippen LogP contribution in [0.3, 0.4) is 0 Å². The second kappa shape index (κ2) is 15.6. The molecule has 4 rings (SSSR count). The van der Waals surface area contributed by atoms with E-state index in [-0.39, 0.29) is 55.1 Å². The Morgan fingerprint density at radius 2 is 2.00 bits per heavy atom. The molecule has 14 nitrogen and oxygen atoms in total. The van der Waals surface area contributed by atoms with Gasteiger partial charge in [-0.25, -0.2) is 13.4 Å². The summed E-state index contributed by atoms with van der Waals surface area (Å²) >= 11 is 1.54. The summed E-state index contributed by atoms with van der Waals surface area (Å²) in [5.74, 6) is 0.400. The number of aromatic nitrogens is 1. The summed E-state index contributed by atoms with van der Waals surface area (Å²) in [5, 5.41) is 28.0. The number of nitrogens with one attached hydrogen (secondary N) is 2. The summed E-state index contributed by atoms with van der Waals surface area (Å²) in [6.07, 6.45) is 2.47. The minimum Gasteiger partial charge on any atom is -0.497 e. The molecule has 1 aromatic carbocycles. The van der Waals surface area contributed by atoms with Gasteiger partial charge < -0.3 is 30.0 Å². The van der Waals surface area contributed by atoms with Gasteiger partial charge in [0.1, 0.15) is 17.8 Å². The smallest absolute Gasteiger partial charge is 0.287 e. The molecule has 16 heteroatoms. The number of thiophene rings is 1. The van der Waals surface area contributed by atoms with Crippen LogP contribution in [0.1, 0.15) is 17.2 Å². The molecule has 3 N–H and O–H groups in total. The van der Waals surface area contributed by atoms with Gasteiger partial charge in [0, 0.05) is 49.5 Å². The van der Waals surface area contributed by atoms with Gasteiger partial charge in [0.05, 0.1) is 30.1 Å². The highest BCUT2D eigenvalue weighted by atomic mass is 32.2. The van der Waals surface area contributed by atoms with Gasteiger partial charge in [0.2, 0.25) is 16.3 Å². The predicted octanol–water partition coefficient (Wildman–Crippen LogP) is 2.70. The van der Waals surface area contributed by atoms with Gasteiger partial charge >= 0.3 is 0 Å². The number of aliphatic hydroxyl groups is 1. The van der Waals surface area contributed by atoms with E-state index >= 15 is 0 Å². The summed E-state index contributed by atoms with van der Waals surface area (Å²) in [5.41, 5.74) is -0.123. The Hall–Kier alpha value is -4.09. The van der Waals surface area contributed by atoms with Crippen LogP contribution in [0.5, 0.6) is 5.75 Å². The fourth-order valence-electron chi connectivity index (χ4n) is 4.32. The number of carbonyl (C=O) groups is 1. The second-order valence-electron chi connectivity index (χ2n) is 9.45. The Kier molecular flexibility index (Phi) is 11.6. The number of sulfonamides is 1. The van der Waals surface area contributed by atoms with Crippen LogP contribution in [0.2, 0.25) is 0 Å². The van der Waals surface area contributed by atoms with E-state index in [0.717, 1.165) is 15.4 Å². The van der Waals surface area contributed by atoms with Crippen LogP contribution < -0.4 is 15.4 Å². The second-order valence-corrected chi connectivity index (χ2v) is 12.4. The standard InChI is InChI=1S/C28H33N5O9S2/c1-40-22-5-7-23(8-6-22)44(38,39)32(12-14-34)13-15-41-27-18-20(25-3-2-16-43-25)17-24(42-27)28(35)30-11-10-29-26-9-4-21(19-31-26)33(36)37/h2-9,16-17,19-20,27,34H,10-15,18H2,1H3,(H,29,31)(H,30,35)/t20-,27+/m0/s1. The van der Waals surface area contributed by atoms with Gasteiger partial charge in [-0.3, -0.25) is 14.9 Å². The van der Waals surface area contributed by atoms with Crippen LogP contribution in [-0.4, -0.2) is 86.4 Å². The molecular formula is C28H33N5O9S2. The summed E-state index contributed by atoms with van der Waals surface area (Å²) in [6.45, 7) is -0.0749. The summed E-state index contributed by atoms with van der Waals surface area (Å²) in [6, 6.07) is 12.6. The number of ether oxygens (including phenoxy) is 3. The molecule has 3 heterocycles. The Bertz CT molecular complexity index is 1520. The monoisotopic (exact) mass is 647 g/mol. The van der Waals surface area contributed by atoms with Crippen molar-refractivity contribution in [3.05, 3.63) is 86.9 Å². The largest absolute Gasteiger partial charge is 0.497 e. The molecule has 44 heavy (non-hydrogen) atoms. The van der Waals surface area contributed by atoms with E-state index in [1.807, 2.05) is 17.5 Å². The van der Waals surface area contributed by atoms with Crippen molar-refractivity contribution in [3.8, 4) is 5.75 Å². The summed E-state index contributed by atoms with van der Waals surface area (Å²) in [7, 11) is -2.43. The maximum absolute atomic E-state index is 13.2. The SMILES string of the molecule is COc1ccc(S(=O)(=O)N(CCO)CCO[C@H]2C[C@@H](c3cccs3)C=C(C(=O)NCCNc3ccc([N+](=O)[O-])cn3)O2)cc1. The quantitative estimate of drug-likeness (QED) is 0.118. The van der Waals surface area contributed by atoms with Crippen molar-refractivity contribution in [2.75, 3.05) is 51.8 Å². The number of amides is 1. The molecule has 1 aliphatic heterocycles. The fraction of sp³-hybridized carbons (Fsp3) is 0.357. The van der Waals surface area contributed by atoms with E-state index in [1.54, 1.807) is 18.2 Å². The first-order valence-electron chi connectivity index (χ1n) is 13.6. The third kappa shape index (κ3) is 8.73.